The molecule has 1 amide bonds. The molecule has 0 saturated heterocycles. The summed E-state index contributed by atoms with van der Waals surface area (Å²) in [5.74, 6) is -0.0289. The van der Waals surface area contributed by atoms with Crippen LogP contribution in [0, 0.1) is 11.7 Å². The van der Waals surface area contributed by atoms with Gasteiger partial charge in [-0.25, -0.2) is 4.39 Å². The van der Waals surface area contributed by atoms with E-state index >= 15 is 0 Å². The summed E-state index contributed by atoms with van der Waals surface area (Å²) in [5, 5.41) is 2.78. The molecule has 1 N–H and O–H groups in total. The van der Waals surface area contributed by atoms with Crippen molar-refractivity contribution in [3.63, 3.8) is 0 Å². The van der Waals surface area contributed by atoms with Crippen molar-refractivity contribution in [2.24, 2.45) is 5.92 Å². The largest absolute Gasteiger partial charge is 0.349 e. The number of carbonyl (C=O) groups excluding carboxylic acids is 1. The third-order valence-electron chi connectivity index (χ3n) is 2.54. The second-order valence-corrected chi connectivity index (χ2v) is 4.21. The molecule has 0 saturated carbocycles. The van der Waals surface area contributed by atoms with Crippen molar-refractivity contribution >= 4 is 17.5 Å². The summed E-state index contributed by atoms with van der Waals surface area (Å²) < 4.78 is 12.9. The highest BCUT2D eigenvalue weighted by Gasteiger charge is 2.15. The van der Waals surface area contributed by atoms with E-state index in [1.165, 1.54) is 18.2 Å². The Morgan fingerprint density at radius 2 is 2.19 bits per heavy atom. The standard InChI is InChI=1S/C12H15ClFNO/c1-8(7-13)9(2)15-12(16)10-4-3-5-11(14)6-10/h3-6,8-9H,7H2,1-2H3,(H,15,16). The quantitative estimate of drug-likeness (QED) is 0.810. The van der Waals surface area contributed by atoms with Gasteiger partial charge < -0.3 is 5.32 Å². The fourth-order valence-corrected chi connectivity index (χ4v) is 1.46. The van der Waals surface area contributed by atoms with E-state index in [0.717, 1.165) is 0 Å². The molecule has 0 heterocycles. The third-order valence-corrected chi connectivity index (χ3v) is 3.03. The van der Waals surface area contributed by atoms with Crippen LogP contribution in [0.4, 0.5) is 4.39 Å². The number of nitrogens with one attached hydrogen (secondary N) is 1. The molecule has 1 rings (SSSR count). The second kappa shape index (κ2) is 5.85. The van der Waals surface area contributed by atoms with E-state index in [0.29, 0.717) is 11.4 Å². The van der Waals surface area contributed by atoms with E-state index in [4.69, 9.17) is 11.6 Å². The summed E-state index contributed by atoms with van der Waals surface area (Å²) in [6.07, 6.45) is 0. The van der Waals surface area contributed by atoms with Gasteiger partial charge in [0.15, 0.2) is 0 Å². The lowest BCUT2D eigenvalue weighted by molar-refractivity contribution is 0.0930. The Morgan fingerprint density at radius 3 is 2.75 bits per heavy atom. The Hall–Kier alpha value is -1.09. The van der Waals surface area contributed by atoms with Crippen molar-refractivity contribution in [1.29, 1.82) is 0 Å². The Balaban J connectivity index is 2.66. The first-order valence-corrected chi connectivity index (χ1v) is 5.70. The maximum atomic E-state index is 12.9. The van der Waals surface area contributed by atoms with Crippen LogP contribution >= 0.6 is 11.6 Å². The smallest absolute Gasteiger partial charge is 0.251 e. The van der Waals surface area contributed by atoms with E-state index < -0.39 is 5.82 Å². The van der Waals surface area contributed by atoms with Gasteiger partial charge in [0.1, 0.15) is 5.82 Å². The van der Waals surface area contributed by atoms with Gasteiger partial charge in [0, 0.05) is 17.5 Å². The average molecular weight is 244 g/mol. The molecule has 0 bridgehead atoms. The van der Waals surface area contributed by atoms with Gasteiger partial charge in [-0.15, -0.1) is 11.6 Å². The van der Waals surface area contributed by atoms with Crippen LogP contribution in [0.1, 0.15) is 24.2 Å². The van der Waals surface area contributed by atoms with Crippen LogP contribution in [0.25, 0.3) is 0 Å². The molecule has 2 atom stereocenters. The lowest BCUT2D eigenvalue weighted by Crippen LogP contribution is -2.37. The number of rotatable bonds is 4. The fraction of sp³-hybridized carbons (Fsp3) is 0.417. The Morgan fingerprint density at radius 1 is 1.50 bits per heavy atom. The van der Waals surface area contributed by atoms with Crippen molar-refractivity contribution in [3.8, 4) is 0 Å². The molecule has 1 aromatic carbocycles. The number of benzene rings is 1. The van der Waals surface area contributed by atoms with Gasteiger partial charge in [0.2, 0.25) is 0 Å². The van der Waals surface area contributed by atoms with Crippen LogP contribution in [-0.4, -0.2) is 17.8 Å². The van der Waals surface area contributed by atoms with Crippen LogP contribution in [0.15, 0.2) is 24.3 Å². The predicted molar refractivity (Wildman–Crippen MR) is 63.2 cm³/mol. The normalized spacial score (nSPS) is 14.2. The SMILES string of the molecule is CC(CCl)C(C)NC(=O)c1cccc(F)c1. The second-order valence-electron chi connectivity index (χ2n) is 3.90. The number of alkyl halides is 1. The van der Waals surface area contributed by atoms with Crippen molar-refractivity contribution in [3.05, 3.63) is 35.6 Å². The zero-order chi connectivity index (χ0) is 12.1. The number of carbonyl (C=O) groups is 1. The van der Waals surface area contributed by atoms with Crippen LogP contribution < -0.4 is 5.32 Å². The van der Waals surface area contributed by atoms with E-state index in [2.05, 4.69) is 5.32 Å². The summed E-state index contributed by atoms with van der Waals surface area (Å²) >= 11 is 5.69. The van der Waals surface area contributed by atoms with E-state index in [-0.39, 0.29) is 17.9 Å². The zero-order valence-electron chi connectivity index (χ0n) is 9.34. The van der Waals surface area contributed by atoms with E-state index in [9.17, 15) is 9.18 Å². The molecule has 0 fully saturated rings. The van der Waals surface area contributed by atoms with Gasteiger partial charge in [-0.05, 0) is 31.0 Å². The van der Waals surface area contributed by atoms with Gasteiger partial charge in [-0.2, -0.15) is 0 Å². The molecule has 4 heteroatoms. The van der Waals surface area contributed by atoms with Gasteiger partial charge in [-0.1, -0.05) is 13.0 Å². The van der Waals surface area contributed by atoms with Crippen LogP contribution in [0.2, 0.25) is 0 Å². The highest BCUT2D eigenvalue weighted by molar-refractivity contribution is 6.18. The van der Waals surface area contributed by atoms with E-state index in [1.54, 1.807) is 6.07 Å². The van der Waals surface area contributed by atoms with Crippen molar-refractivity contribution in [2.45, 2.75) is 19.9 Å². The predicted octanol–water partition coefficient (Wildman–Crippen LogP) is 2.82. The maximum absolute atomic E-state index is 12.9. The molecule has 16 heavy (non-hydrogen) atoms. The first-order chi connectivity index (χ1) is 7.54. The first-order valence-electron chi connectivity index (χ1n) is 5.17. The summed E-state index contributed by atoms with van der Waals surface area (Å²) in [6.45, 7) is 3.83. The highest BCUT2D eigenvalue weighted by atomic mass is 35.5. The number of amides is 1. The molecular weight excluding hydrogens is 229 g/mol. The van der Waals surface area contributed by atoms with Crippen molar-refractivity contribution in [1.82, 2.24) is 5.32 Å². The Labute approximate surface area is 99.8 Å². The molecule has 2 unspecified atom stereocenters. The topological polar surface area (TPSA) is 29.1 Å². The first kappa shape index (κ1) is 13.0. The van der Waals surface area contributed by atoms with Gasteiger partial charge in [-0.3, -0.25) is 4.79 Å². The number of hydrogen-bond donors (Lipinski definition) is 1. The molecule has 0 aliphatic heterocycles. The van der Waals surface area contributed by atoms with E-state index in [1.807, 2.05) is 13.8 Å². The third kappa shape index (κ3) is 3.49. The molecule has 0 radical (unpaired) electrons. The summed E-state index contributed by atoms with van der Waals surface area (Å²) in [5.41, 5.74) is 0.327. The molecule has 88 valence electrons. The van der Waals surface area contributed by atoms with Crippen molar-refractivity contribution in [2.75, 3.05) is 5.88 Å². The van der Waals surface area contributed by atoms with Gasteiger partial charge in [0.25, 0.3) is 5.91 Å². The summed E-state index contributed by atoms with van der Waals surface area (Å²) in [4.78, 5) is 11.7. The molecule has 0 aliphatic carbocycles. The van der Waals surface area contributed by atoms with Gasteiger partial charge in [0.05, 0.1) is 0 Å². The Kier molecular flexibility index (Phi) is 4.74. The van der Waals surface area contributed by atoms with Crippen LogP contribution in [-0.2, 0) is 0 Å². The minimum Gasteiger partial charge on any atom is -0.349 e. The molecule has 0 spiro atoms. The van der Waals surface area contributed by atoms with Gasteiger partial charge >= 0.3 is 0 Å². The molecular formula is C12H15ClFNO. The lowest BCUT2D eigenvalue weighted by Gasteiger charge is -2.19. The number of hydrogen-bond acceptors (Lipinski definition) is 1. The zero-order valence-corrected chi connectivity index (χ0v) is 10.1. The summed E-state index contributed by atoms with van der Waals surface area (Å²) in [7, 11) is 0. The lowest BCUT2D eigenvalue weighted by atomic mass is 10.1. The van der Waals surface area contributed by atoms with Crippen molar-refractivity contribution < 1.29 is 9.18 Å². The average Bonchev–Trinajstić information content (AvgIpc) is 2.27. The molecule has 0 aliphatic rings. The summed E-state index contributed by atoms with van der Waals surface area (Å²) in [6, 6.07) is 5.58. The molecule has 0 aromatic heterocycles. The number of halogens is 2. The monoisotopic (exact) mass is 243 g/mol. The van der Waals surface area contributed by atoms with Crippen LogP contribution in [0.5, 0.6) is 0 Å². The Bertz CT molecular complexity index is 370. The van der Waals surface area contributed by atoms with Crippen LogP contribution in [0.3, 0.4) is 0 Å². The molecule has 2 nitrogen and oxygen atoms in total. The minimum atomic E-state index is -0.411. The molecule has 1 aromatic rings. The maximum Gasteiger partial charge on any atom is 0.251 e. The fourth-order valence-electron chi connectivity index (χ4n) is 1.20. The minimum absolute atomic E-state index is 0.0340. The highest BCUT2D eigenvalue weighted by Crippen LogP contribution is 2.07.